The number of azide groups is 1. The molecule has 1 aliphatic heterocycles. The summed E-state index contributed by atoms with van der Waals surface area (Å²) in [5, 5.41) is 4.04. The van der Waals surface area contributed by atoms with Gasteiger partial charge < -0.3 is 61.6 Å². The van der Waals surface area contributed by atoms with Crippen molar-refractivity contribution in [2.75, 3.05) is 26.4 Å². The lowest BCUT2D eigenvalue weighted by Gasteiger charge is -2.52. The van der Waals surface area contributed by atoms with Gasteiger partial charge in [-0.1, -0.05) is 420 Å². The molecule has 1 unspecified atom stereocenters. The number of hydrogen-bond donors (Lipinski definition) is 0. The summed E-state index contributed by atoms with van der Waals surface area (Å²) in [6.45, 7) is 1.73. The van der Waals surface area contributed by atoms with E-state index in [2.05, 4.69) is 23.9 Å². The van der Waals surface area contributed by atoms with Gasteiger partial charge in [-0.15, -0.1) is 0 Å². The van der Waals surface area contributed by atoms with E-state index in [9.17, 15) is 19.9 Å². The molecule has 0 amide bonds. The van der Waals surface area contributed by atoms with Gasteiger partial charge in [0.1, 0.15) is 74.3 Å². The van der Waals surface area contributed by atoms with Gasteiger partial charge in [0.25, 0.3) is 0 Å². The molecule has 1 aliphatic carbocycles. The van der Waals surface area contributed by atoms with Gasteiger partial charge in [-0.3, -0.25) is 28.0 Å². The zero-order valence-corrected chi connectivity index (χ0v) is 78.5. The SMILES string of the molecule is CCCCCCCCCCCCCC(=O)OC[C@@H](COP(=O)(OCc1ccccc1)O[C@@H]1[C@@H](OC[C@H](N=[N+]=[N-])C(=O)OCc2ccccc2)[C@H](OCc2ccccc2)[C@@H](OCc2ccccc2)[C@H](OCc2ccccc2)[C@@H]1O[C@H]1O[C@H](COCc2ccccc2)[C@@H](OCc2ccccc2)[C@H](OCc2ccccc2)[C@@H]1OCc1ccccc1)OC(=O)CCCCCCCCCCCCC. The lowest BCUT2D eigenvalue weighted by atomic mass is 9.83. The van der Waals surface area contributed by atoms with Crippen LogP contribution in [0, 0.1) is 0 Å². The number of esters is 3. The van der Waals surface area contributed by atoms with E-state index in [1.807, 2.05) is 237 Å². The fourth-order valence-electron chi connectivity index (χ4n) is 16.3. The monoisotopic (exact) mass is 1840 g/mol. The highest BCUT2D eigenvalue weighted by Gasteiger charge is 2.60. The van der Waals surface area contributed by atoms with E-state index in [-0.39, 0.29) is 72.3 Å². The van der Waals surface area contributed by atoms with Crippen molar-refractivity contribution >= 4 is 25.7 Å². The van der Waals surface area contributed by atoms with Crippen LogP contribution in [-0.2, 0) is 154 Å². The van der Waals surface area contributed by atoms with Crippen LogP contribution in [-0.4, -0.2) is 124 Å². The summed E-state index contributed by atoms with van der Waals surface area (Å²) in [5.41, 5.74) is 17.3. The van der Waals surface area contributed by atoms with Gasteiger partial charge in [-0.05, 0) is 68.4 Å². The molecule has 0 N–H and O–H groups in total. The van der Waals surface area contributed by atoms with Crippen molar-refractivity contribution in [2.45, 2.75) is 307 Å². The molecular weight excluding hydrogens is 1700 g/mol. The molecule has 2 fully saturated rings. The number of rotatable bonds is 66. The first kappa shape index (κ1) is 104. The van der Waals surface area contributed by atoms with E-state index in [0.29, 0.717) is 29.5 Å². The fraction of sp³-hybridized carbons (Fsp3) is 0.477. The largest absolute Gasteiger partial charge is 0.475 e. The quantitative estimate of drug-likeness (QED) is 0.00652. The Morgan fingerprint density at radius 2 is 0.662 bits per heavy atom. The normalized spacial score (nSPS) is 19.8. The van der Waals surface area contributed by atoms with Gasteiger partial charge in [-0.25, -0.2) is 4.57 Å². The Morgan fingerprint density at radius 1 is 0.338 bits per heavy atom. The molecule has 1 saturated carbocycles. The van der Waals surface area contributed by atoms with Gasteiger partial charge >= 0.3 is 25.7 Å². The molecule has 9 aromatic carbocycles. The van der Waals surface area contributed by atoms with E-state index >= 15 is 4.57 Å². The summed E-state index contributed by atoms with van der Waals surface area (Å²) >= 11 is 0. The Kier molecular flexibility index (Phi) is 48.0. The zero-order chi connectivity index (χ0) is 92.6. The third-order valence-corrected chi connectivity index (χ3v) is 25.1. The summed E-state index contributed by atoms with van der Waals surface area (Å²) in [7, 11) is -5.41. The van der Waals surface area contributed by atoms with Gasteiger partial charge in [0.15, 0.2) is 18.4 Å². The first-order valence-electron chi connectivity index (χ1n) is 48.2. The van der Waals surface area contributed by atoms with Crippen LogP contribution in [0.4, 0.5) is 0 Å². The van der Waals surface area contributed by atoms with Crippen LogP contribution in [0.25, 0.3) is 10.4 Å². The molecule has 0 spiro atoms. The molecule has 9 aromatic rings. The van der Waals surface area contributed by atoms with Gasteiger partial charge in [0.2, 0.25) is 0 Å². The molecule has 1 heterocycles. The number of nitrogens with zero attached hydrogens (tertiary/aromatic N) is 3. The zero-order valence-electron chi connectivity index (χ0n) is 77.6. The van der Waals surface area contributed by atoms with Crippen molar-refractivity contribution in [3.63, 3.8) is 0 Å². The summed E-state index contributed by atoms with van der Waals surface area (Å²) in [6, 6.07) is 83.6. The molecule has 23 nitrogen and oxygen atoms in total. The molecule has 1 saturated heterocycles. The van der Waals surface area contributed by atoms with E-state index < -0.39 is 132 Å². The molecule has 14 atom stereocenters. The van der Waals surface area contributed by atoms with Crippen LogP contribution in [0.1, 0.15) is 218 Å². The first-order valence-corrected chi connectivity index (χ1v) is 49.6. The predicted octanol–water partition coefficient (Wildman–Crippen LogP) is 24.2. The van der Waals surface area contributed by atoms with Crippen LogP contribution in [0.3, 0.4) is 0 Å². The van der Waals surface area contributed by atoms with E-state index in [0.717, 1.165) is 91.2 Å². The second-order valence-electron chi connectivity index (χ2n) is 34.3. The van der Waals surface area contributed by atoms with Crippen molar-refractivity contribution in [3.05, 3.63) is 334 Å². The van der Waals surface area contributed by atoms with Crippen LogP contribution in [0.5, 0.6) is 0 Å². The number of ether oxygens (including phenoxy) is 13. The van der Waals surface area contributed by atoms with Crippen molar-refractivity contribution in [2.24, 2.45) is 5.11 Å². The molecule has 11 rings (SSSR count). The average Bonchev–Trinajstić information content (AvgIpc) is 0.745. The third kappa shape index (κ3) is 38.2. The molecule has 2 aliphatic rings. The fourth-order valence-corrected chi connectivity index (χ4v) is 17.7. The molecule has 714 valence electrons. The highest BCUT2D eigenvalue weighted by Crippen LogP contribution is 2.55. The summed E-state index contributed by atoms with van der Waals surface area (Å²) in [6.07, 6.45) is 6.81. The van der Waals surface area contributed by atoms with Crippen molar-refractivity contribution < 1.29 is 94.1 Å². The number of hydrogen-bond acceptors (Lipinski definition) is 21. The highest BCUT2D eigenvalue weighted by atomic mass is 31.2. The highest BCUT2D eigenvalue weighted by molar-refractivity contribution is 7.48. The van der Waals surface area contributed by atoms with Crippen LogP contribution >= 0.6 is 7.82 Å². The van der Waals surface area contributed by atoms with Gasteiger partial charge in [-0.2, -0.15) is 0 Å². The number of benzene rings is 9. The molecule has 0 aromatic heterocycles. The summed E-state index contributed by atoms with van der Waals surface area (Å²) < 4.78 is 131. The maximum atomic E-state index is 17.5. The minimum Gasteiger partial charge on any atom is -0.462 e. The van der Waals surface area contributed by atoms with Crippen LogP contribution < -0.4 is 0 Å². The van der Waals surface area contributed by atoms with Gasteiger partial charge in [0.05, 0.1) is 72.7 Å². The molecule has 24 heteroatoms. The second-order valence-corrected chi connectivity index (χ2v) is 35.9. The smallest absolute Gasteiger partial charge is 0.462 e. The van der Waals surface area contributed by atoms with E-state index in [1.54, 1.807) is 36.4 Å². The average molecular weight is 1840 g/mol. The Morgan fingerprint density at radius 3 is 1.05 bits per heavy atom. The Labute approximate surface area is 787 Å². The minimum atomic E-state index is -5.41. The lowest BCUT2D eigenvalue weighted by molar-refractivity contribution is -0.362. The Hall–Kier alpha value is -9.59. The number of carbonyl (C=O) groups is 3. The third-order valence-electron chi connectivity index (χ3n) is 23.7. The Balaban J connectivity index is 1.06. The Bertz CT molecular complexity index is 4700. The minimum absolute atomic E-state index is 0.0275. The van der Waals surface area contributed by atoms with Crippen molar-refractivity contribution in [3.8, 4) is 0 Å². The number of phosphoric ester groups is 1. The lowest BCUT2D eigenvalue weighted by Crippen LogP contribution is -2.69. The van der Waals surface area contributed by atoms with Crippen molar-refractivity contribution in [1.82, 2.24) is 0 Å². The number of phosphoric acid groups is 1. The van der Waals surface area contributed by atoms with Crippen LogP contribution in [0.15, 0.2) is 278 Å². The molecule has 133 heavy (non-hydrogen) atoms. The molecule has 0 radical (unpaired) electrons. The maximum Gasteiger partial charge on any atom is 0.475 e. The van der Waals surface area contributed by atoms with E-state index in [1.165, 1.54) is 70.6 Å². The predicted molar refractivity (Wildman–Crippen MR) is 511 cm³/mol. The maximum absolute atomic E-state index is 17.5. The van der Waals surface area contributed by atoms with E-state index in [4.69, 9.17) is 75.2 Å². The molecule has 0 bridgehead atoms. The first-order chi connectivity index (χ1) is 65.5. The number of carbonyl (C=O) groups excluding carboxylic acids is 3. The summed E-state index contributed by atoms with van der Waals surface area (Å²) in [4.78, 5) is 46.6. The van der Waals surface area contributed by atoms with Gasteiger partial charge in [0, 0.05) is 17.8 Å². The second kappa shape index (κ2) is 61.4. The van der Waals surface area contributed by atoms with Crippen LogP contribution in [0.2, 0.25) is 0 Å². The summed E-state index contributed by atoms with van der Waals surface area (Å²) in [5.74, 6) is -2.05. The van der Waals surface area contributed by atoms with Crippen molar-refractivity contribution in [1.29, 1.82) is 0 Å². The molecular formula is C109H138N3O20P. The standard InChI is InChI=1S/C109H138N3O20P/c1-3-5-7-9-11-13-15-17-19-21-50-70-97(113)118-81-94(129-98(114)71-51-22-20-18-16-14-12-10-8-6-4-2)82-128-133(116,127-80-93-68-48-31-49-69-93)132-106-104(125-83-95(111-112-110)108(115)126-79-92-66-46-30-47-67-92)102(122-76-89-60-40-27-41-61-89)101(121-75-88-58-38-26-39-59-88)103(123-77-90-62-42-28-43-63-90)105(106)131-109-107(124-78-91-64-44-29-45-65-91)100(120-74-87-56-36-25-37-57-87)99(119-73-86-54-34-24-35-55-86)96(130-109)84-117-72-85-52-32-23-33-53-85/h23-49,52-69,94-96,99-107,109H,3-22,50-51,70-84H2,1-2H3/t94-,95-,96+,99+,100-,101+,102+,103-,104-,105-,106+,107-,109+,133?/m0/s1. The number of unbranched alkanes of at least 4 members (excludes halogenated alkanes) is 20. The topological polar surface area (TPSA) is 265 Å².